The lowest BCUT2D eigenvalue weighted by Crippen LogP contribution is -2.50. The Morgan fingerprint density at radius 2 is 1.78 bits per heavy atom. The summed E-state index contributed by atoms with van der Waals surface area (Å²) in [4.78, 5) is 34.7. The Labute approximate surface area is 136 Å². The van der Waals surface area contributed by atoms with E-state index in [2.05, 4.69) is 10.6 Å². The fourth-order valence-corrected chi connectivity index (χ4v) is 2.10. The number of aliphatic carboxylic acids is 1. The summed E-state index contributed by atoms with van der Waals surface area (Å²) in [5.74, 6) is -1.45. The quantitative estimate of drug-likeness (QED) is 0.599. The summed E-state index contributed by atoms with van der Waals surface area (Å²) in [6, 6.07) is 8.68. The molecule has 0 radical (unpaired) electrons. The van der Waals surface area contributed by atoms with Gasteiger partial charge in [-0.2, -0.15) is 0 Å². The van der Waals surface area contributed by atoms with E-state index in [1.807, 2.05) is 44.2 Å². The first-order valence-electron chi connectivity index (χ1n) is 7.73. The van der Waals surface area contributed by atoms with Crippen molar-refractivity contribution in [3.63, 3.8) is 0 Å². The predicted molar refractivity (Wildman–Crippen MR) is 86.8 cm³/mol. The lowest BCUT2D eigenvalue weighted by Gasteiger charge is -2.21. The van der Waals surface area contributed by atoms with Crippen LogP contribution in [-0.2, 0) is 20.8 Å². The van der Waals surface area contributed by atoms with E-state index in [4.69, 9.17) is 5.11 Å². The maximum atomic E-state index is 12.1. The number of carbonyl (C=O) groups is 3. The Morgan fingerprint density at radius 3 is 2.35 bits per heavy atom. The topological polar surface area (TPSA) is 95.5 Å². The van der Waals surface area contributed by atoms with Crippen molar-refractivity contribution in [2.75, 3.05) is 6.54 Å². The van der Waals surface area contributed by atoms with E-state index in [-0.39, 0.29) is 37.1 Å². The van der Waals surface area contributed by atoms with Gasteiger partial charge in [-0.25, -0.2) is 0 Å². The lowest BCUT2D eigenvalue weighted by molar-refractivity contribution is -0.137. The van der Waals surface area contributed by atoms with E-state index in [9.17, 15) is 14.4 Å². The Morgan fingerprint density at radius 1 is 1.13 bits per heavy atom. The van der Waals surface area contributed by atoms with Crippen LogP contribution in [0.15, 0.2) is 30.3 Å². The van der Waals surface area contributed by atoms with Crippen LogP contribution in [0.2, 0.25) is 0 Å². The molecule has 1 aromatic carbocycles. The molecule has 23 heavy (non-hydrogen) atoms. The van der Waals surface area contributed by atoms with Gasteiger partial charge in [-0.15, -0.1) is 0 Å². The second-order valence-corrected chi connectivity index (χ2v) is 5.74. The number of hydrogen-bond acceptors (Lipinski definition) is 3. The van der Waals surface area contributed by atoms with Gasteiger partial charge in [0.1, 0.15) is 6.04 Å². The number of carbonyl (C=O) groups excluding carboxylic acids is 2. The molecular weight excluding hydrogens is 296 g/mol. The highest BCUT2D eigenvalue weighted by Crippen LogP contribution is 2.04. The van der Waals surface area contributed by atoms with Crippen molar-refractivity contribution >= 4 is 17.8 Å². The summed E-state index contributed by atoms with van der Waals surface area (Å²) in [6.07, 6.45) is 0.590. The minimum atomic E-state index is -0.893. The molecule has 2 amide bonds. The second-order valence-electron chi connectivity index (χ2n) is 5.74. The van der Waals surface area contributed by atoms with Crippen molar-refractivity contribution in [1.82, 2.24) is 10.6 Å². The Bertz CT molecular complexity index is 529. The van der Waals surface area contributed by atoms with Crippen molar-refractivity contribution in [1.29, 1.82) is 0 Å². The number of rotatable bonds is 9. The standard InChI is InChI=1S/C17H24N2O4/c1-12(2)16(17(23)18-10-6-9-15(21)22)19-14(20)11-13-7-4-3-5-8-13/h3-5,7-8,12,16H,6,9-11H2,1-2H3,(H,18,23)(H,19,20)(H,21,22). The van der Waals surface area contributed by atoms with Gasteiger partial charge in [-0.3, -0.25) is 14.4 Å². The van der Waals surface area contributed by atoms with E-state index in [1.54, 1.807) is 0 Å². The zero-order chi connectivity index (χ0) is 17.2. The number of benzene rings is 1. The van der Waals surface area contributed by atoms with E-state index in [1.165, 1.54) is 0 Å². The molecule has 1 aromatic rings. The number of hydrogen-bond donors (Lipinski definition) is 3. The molecule has 0 fully saturated rings. The average Bonchev–Trinajstić information content (AvgIpc) is 2.49. The van der Waals surface area contributed by atoms with Crippen LogP contribution in [0.3, 0.4) is 0 Å². The van der Waals surface area contributed by atoms with Crippen LogP contribution in [-0.4, -0.2) is 35.5 Å². The molecule has 6 heteroatoms. The smallest absolute Gasteiger partial charge is 0.303 e. The van der Waals surface area contributed by atoms with Crippen molar-refractivity contribution in [3.8, 4) is 0 Å². The van der Waals surface area contributed by atoms with Gasteiger partial charge in [0.2, 0.25) is 11.8 Å². The molecule has 126 valence electrons. The van der Waals surface area contributed by atoms with Crippen LogP contribution >= 0.6 is 0 Å². The molecule has 0 aliphatic heterocycles. The molecule has 1 rings (SSSR count). The van der Waals surface area contributed by atoms with Crippen molar-refractivity contribution < 1.29 is 19.5 Å². The van der Waals surface area contributed by atoms with Gasteiger partial charge in [0.25, 0.3) is 0 Å². The van der Waals surface area contributed by atoms with Gasteiger partial charge >= 0.3 is 5.97 Å². The minimum absolute atomic E-state index is 0.00694. The summed E-state index contributed by atoms with van der Waals surface area (Å²) < 4.78 is 0. The van der Waals surface area contributed by atoms with Crippen LogP contribution in [0.25, 0.3) is 0 Å². The summed E-state index contributed by atoms with van der Waals surface area (Å²) >= 11 is 0. The molecule has 0 heterocycles. The van der Waals surface area contributed by atoms with Gasteiger partial charge < -0.3 is 15.7 Å². The zero-order valence-electron chi connectivity index (χ0n) is 13.5. The third kappa shape index (κ3) is 7.44. The highest BCUT2D eigenvalue weighted by atomic mass is 16.4. The monoisotopic (exact) mass is 320 g/mol. The number of nitrogens with one attached hydrogen (secondary N) is 2. The van der Waals surface area contributed by atoms with Crippen LogP contribution in [0.5, 0.6) is 0 Å². The Kier molecular flexibility index (Phi) is 7.80. The molecule has 0 aliphatic carbocycles. The molecule has 6 nitrogen and oxygen atoms in total. The molecule has 0 saturated heterocycles. The fraction of sp³-hybridized carbons (Fsp3) is 0.471. The summed E-state index contributed by atoms with van der Waals surface area (Å²) in [5.41, 5.74) is 0.884. The maximum absolute atomic E-state index is 12.1. The predicted octanol–water partition coefficient (Wildman–Crippen LogP) is 1.35. The number of carboxylic acid groups (broad SMARTS) is 1. The summed E-state index contributed by atoms with van der Waals surface area (Å²) in [7, 11) is 0. The second kappa shape index (κ2) is 9.61. The third-order valence-corrected chi connectivity index (χ3v) is 3.34. The maximum Gasteiger partial charge on any atom is 0.303 e. The SMILES string of the molecule is CC(C)C(NC(=O)Cc1ccccc1)C(=O)NCCCC(=O)O. The lowest BCUT2D eigenvalue weighted by atomic mass is 10.0. The van der Waals surface area contributed by atoms with Gasteiger partial charge in [0.15, 0.2) is 0 Å². The van der Waals surface area contributed by atoms with Crippen molar-refractivity contribution in [2.45, 2.75) is 39.2 Å². The molecule has 0 aromatic heterocycles. The number of amides is 2. The molecule has 1 atom stereocenters. The first-order valence-corrected chi connectivity index (χ1v) is 7.73. The molecule has 0 spiro atoms. The molecule has 0 saturated carbocycles. The first kappa shape index (κ1) is 18.7. The molecule has 0 aliphatic rings. The van der Waals surface area contributed by atoms with E-state index in [0.717, 1.165) is 5.56 Å². The average molecular weight is 320 g/mol. The molecular formula is C17H24N2O4. The summed E-state index contributed by atoms with van der Waals surface area (Å²) in [6.45, 7) is 3.98. The molecule has 1 unspecified atom stereocenters. The van der Waals surface area contributed by atoms with Gasteiger partial charge in [-0.05, 0) is 17.9 Å². The van der Waals surface area contributed by atoms with E-state index < -0.39 is 12.0 Å². The summed E-state index contributed by atoms with van der Waals surface area (Å²) in [5, 5.41) is 14.0. The van der Waals surface area contributed by atoms with Crippen LogP contribution < -0.4 is 10.6 Å². The molecule has 3 N–H and O–H groups in total. The van der Waals surface area contributed by atoms with Gasteiger partial charge in [-0.1, -0.05) is 44.2 Å². The highest BCUT2D eigenvalue weighted by Gasteiger charge is 2.23. The first-order chi connectivity index (χ1) is 10.9. The van der Waals surface area contributed by atoms with Crippen molar-refractivity contribution in [2.24, 2.45) is 5.92 Å². The van der Waals surface area contributed by atoms with Gasteiger partial charge in [0, 0.05) is 13.0 Å². The van der Waals surface area contributed by atoms with Crippen LogP contribution in [0, 0.1) is 5.92 Å². The normalized spacial score (nSPS) is 11.8. The molecule has 0 bridgehead atoms. The van der Waals surface area contributed by atoms with Crippen molar-refractivity contribution in [3.05, 3.63) is 35.9 Å². The Hall–Kier alpha value is -2.37. The fourth-order valence-electron chi connectivity index (χ4n) is 2.10. The van der Waals surface area contributed by atoms with E-state index >= 15 is 0 Å². The van der Waals surface area contributed by atoms with Gasteiger partial charge in [0.05, 0.1) is 6.42 Å². The highest BCUT2D eigenvalue weighted by molar-refractivity contribution is 5.88. The largest absolute Gasteiger partial charge is 0.481 e. The zero-order valence-corrected chi connectivity index (χ0v) is 13.5. The van der Waals surface area contributed by atoms with Crippen LogP contribution in [0.4, 0.5) is 0 Å². The Balaban J connectivity index is 2.48. The minimum Gasteiger partial charge on any atom is -0.481 e. The van der Waals surface area contributed by atoms with Crippen LogP contribution in [0.1, 0.15) is 32.3 Å². The van der Waals surface area contributed by atoms with E-state index in [0.29, 0.717) is 6.42 Å². The third-order valence-electron chi connectivity index (χ3n) is 3.34. The number of carboxylic acids is 1.